The van der Waals surface area contributed by atoms with E-state index >= 15 is 0 Å². The molecule has 3 rings (SSSR count). The van der Waals surface area contributed by atoms with Crippen LogP contribution in [0.15, 0.2) is 53.4 Å². The lowest BCUT2D eigenvalue weighted by Gasteiger charge is -2.29. The maximum Gasteiger partial charge on any atom is 0.251 e. The maximum atomic E-state index is 12.5. The van der Waals surface area contributed by atoms with Crippen LogP contribution in [-0.2, 0) is 26.9 Å². The summed E-state index contributed by atoms with van der Waals surface area (Å²) in [6, 6.07) is 14.5. The van der Waals surface area contributed by atoms with Crippen molar-refractivity contribution in [1.82, 2.24) is 5.32 Å². The molecule has 2 aromatic rings. The summed E-state index contributed by atoms with van der Waals surface area (Å²) >= 11 is 0. The van der Waals surface area contributed by atoms with Gasteiger partial charge in [-0.25, -0.2) is 0 Å². The first-order chi connectivity index (χ1) is 12.6. The number of fused-ring (bicyclic) bond motifs is 1. The zero-order valence-corrected chi connectivity index (χ0v) is 15.3. The molecule has 0 spiro atoms. The molecule has 1 atom stereocenters. The standard InChI is InChI=1S/C19H20N2O4S/c1-25-10-9-20-19(23)15-7-8-17-16(11-15)21(18(22)13-26(17)24)12-14-5-3-2-4-6-14/h2-8,11H,9-10,12-13H2,1H3,(H,20,23)/t26-/m0/s1. The molecule has 2 amide bonds. The molecule has 7 heteroatoms. The molecular formula is C19H20N2O4S. The largest absolute Gasteiger partial charge is 0.383 e. The second kappa shape index (κ2) is 8.25. The number of anilines is 1. The Morgan fingerprint density at radius 3 is 2.73 bits per heavy atom. The third kappa shape index (κ3) is 4.00. The zero-order chi connectivity index (χ0) is 18.5. The van der Waals surface area contributed by atoms with Gasteiger partial charge in [0.05, 0.1) is 34.5 Å². The number of carbonyl (C=O) groups is 2. The highest BCUT2D eigenvalue weighted by molar-refractivity contribution is 7.86. The van der Waals surface area contributed by atoms with Gasteiger partial charge in [-0.3, -0.25) is 13.8 Å². The molecule has 1 heterocycles. The molecule has 0 saturated heterocycles. The third-order valence-electron chi connectivity index (χ3n) is 4.09. The van der Waals surface area contributed by atoms with E-state index in [4.69, 9.17) is 4.74 Å². The molecule has 0 bridgehead atoms. The second-order valence-corrected chi connectivity index (χ2v) is 7.31. The van der Waals surface area contributed by atoms with E-state index in [0.29, 0.717) is 35.8 Å². The van der Waals surface area contributed by atoms with Gasteiger partial charge < -0.3 is 15.0 Å². The molecule has 26 heavy (non-hydrogen) atoms. The molecule has 136 valence electrons. The van der Waals surface area contributed by atoms with Crippen molar-refractivity contribution < 1.29 is 18.5 Å². The maximum absolute atomic E-state index is 12.5. The van der Waals surface area contributed by atoms with Crippen LogP contribution in [0.2, 0.25) is 0 Å². The summed E-state index contributed by atoms with van der Waals surface area (Å²) in [6.07, 6.45) is 0. The quantitative estimate of drug-likeness (QED) is 0.784. The van der Waals surface area contributed by atoms with Gasteiger partial charge in [0.2, 0.25) is 5.91 Å². The number of amides is 2. The molecule has 0 saturated carbocycles. The van der Waals surface area contributed by atoms with Crippen LogP contribution < -0.4 is 10.2 Å². The van der Waals surface area contributed by atoms with Crippen molar-refractivity contribution in [2.24, 2.45) is 0 Å². The summed E-state index contributed by atoms with van der Waals surface area (Å²) in [5, 5.41) is 2.75. The molecule has 0 aromatic heterocycles. The molecule has 1 aliphatic heterocycles. The van der Waals surface area contributed by atoms with Gasteiger partial charge in [-0.2, -0.15) is 0 Å². The highest BCUT2D eigenvalue weighted by Gasteiger charge is 2.30. The first kappa shape index (κ1) is 18.3. The minimum absolute atomic E-state index is 0.0424. The van der Waals surface area contributed by atoms with Crippen molar-refractivity contribution in [3.63, 3.8) is 0 Å². The van der Waals surface area contributed by atoms with Crippen LogP contribution in [-0.4, -0.2) is 42.0 Å². The van der Waals surface area contributed by atoms with Gasteiger partial charge in [-0.1, -0.05) is 30.3 Å². The number of rotatable bonds is 6. The van der Waals surface area contributed by atoms with E-state index in [0.717, 1.165) is 5.56 Å². The minimum Gasteiger partial charge on any atom is -0.383 e. The first-order valence-corrected chi connectivity index (χ1v) is 9.56. The minimum atomic E-state index is -1.40. The van der Waals surface area contributed by atoms with Crippen molar-refractivity contribution in [1.29, 1.82) is 0 Å². The van der Waals surface area contributed by atoms with E-state index in [1.165, 1.54) is 0 Å². The fourth-order valence-electron chi connectivity index (χ4n) is 2.77. The number of carbonyl (C=O) groups excluding carboxylic acids is 2. The Kier molecular flexibility index (Phi) is 5.80. The van der Waals surface area contributed by atoms with Crippen LogP contribution in [0.5, 0.6) is 0 Å². The Balaban J connectivity index is 1.90. The summed E-state index contributed by atoms with van der Waals surface area (Å²) in [6.45, 7) is 1.18. The molecular weight excluding hydrogens is 352 g/mol. The number of nitrogens with zero attached hydrogens (tertiary/aromatic N) is 1. The summed E-state index contributed by atoms with van der Waals surface area (Å²) < 4.78 is 17.3. The van der Waals surface area contributed by atoms with Crippen LogP contribution in [0, 0.1) is 0 Å². The highest BCUT2D eigenvalue weighted by Crippen LogP contribution is 2.31. The topological polar surface area (TPSA) is 75.7 Å². The molecule has 2 aromatic carbocycles. The predicted octanol–water partition coefficient (Wildman–Crippen LogP) is 1.72. The van der Waals surface area contributed by atoms with Crippen LogP contribution >= 0.6 is 0 Å². The van der Waals surface area contributed by atoms with Crippen LogP contribution in [0.4, 0.5) is 5.69 Å². The van der Waals surface area contributed by atoms with E-state index in [1.54, 1.807) is 30.2 Å². The van der Waals surface area contributed by atoms with E-state index in [9.17, 15) is 13.8 Å². The third-order valence-corrected chi connectivity index (χ3v) is 5.43. The normalized spacial score (nSPS) is 16.3. The van der Waals surface area contributed by atoms with Gasteiger partial charge >= 0.3 is 0 Å². The molecule has 0 radical (unpaired) electrons. The first-order valence-electron chi connectivity index (χ1n) is 8.24. The van der Waals surface area contributed by atoms with Gasteiger partial charge in [-0.05, 0) is 23.8 Å². The summed E-state index contributed by atoms with van der Waals surface area (Å²) in [5.74, 6) is -0.510. The number of hydrogen-bond donors (Lipinski definition) is 1. The van der Waals surface area contributed by atoms with Crippen molar-refractivity contribution in [3.05, 3.63) is 59.7 Å². The Bertz CT molecular complexity index is 839. The number of ether oxygens (including phenoxy) is 1. The van der Waals surface area contributed by atoms with Crippen LogP contribution in [0.3, 0.4) is 0 Å². The molecule has 6 nitrogen and oxygen atoms in total. The van der Waals surface area contributed by atoms with Gasteiger partial charge in [0.15, 0.2) is 0 Å². The van der Waals surface area contributed by atoms with Crippen molar-refractivity contribution in [2.75, 3.05) is 30.9 Å². The van der Waals surface area contributed by atoms with Gasteiger partial charge in [0.25, 0.3) is 5.91 Å². The Morgan fingerprint density at radius 1 is 1.23 bits per heavy atom. The fourth-order valence-corrected chi connectivity index (χ4v) is 3.93. The lowest BCUT2D eigenvalue weighted by atomic mass is 10.1. The van der Waals surface area contributed by atoms with Gasteiger partial charge in [0.1, 0.15) is 5.75 Å². The molecule has 1 N–H and O–H groups in total. The van der Waals surface area contributed by atoms with E-state index in [1.807, 2.05) is 30.3 Å². The summed E-state index contributed by atoms with van der Waals surface area (Å²) in [7, 11) is 0.168. The molecule has 0 fully saturated rings. The van der Waals surface area contributed by atoms with Crippen molar-refractivity contribution in [2.45, 2.75) is 11.4 Å². The summed E-state index contributed by atoms with van der Waals surface area (Å²) in [4.78, 5) is 26.9. The predicted molar refractivity (Wildman–Crippen MR) is 99.6 cm³/mol. The molecule has 0 aliphatic carbocycles. The lowest BCUT2D eigenvalue weighted by molar-refractivity contribution is -0.116. The average Bonchev–Trinajstić information content (AvgIpc) is 2.65. The zero-order valence-electron chi connectivity index (χ0n) is 14.4. The SMILES string of the molecule is COCCNC(=O)c1ccc2c(c1)N(Cc1ccccc1)C(=O)C[S@@]2=O. The monoisotopic (exact) mass is 372 g/mol. The number of methoxy groups -OCH3 is 1. The fraction of sp³-hybridized carbons (Fsp3) is 0.263. The van der Waals surface area contributed by atoms with Crippen molar-refractivity contribution >= 4 is 28.3 Å². The second-order valence-electron chi connectivity index (χ2n) is 5.89. The smallest absolute Gasteiger partial charge is 0.251 e. The number of benzene rings is 2. The van der Waals surface area contributed by atoms with Gasteiger partial charge in [0, 0.05) is 19.2 Å². The Hall–Kier alpha value is -2.51. The van der Waals surface area contributed by atoms with E-state index in [2.05, 4.69) is 5.32 Å². The average molecular weight is 372 g/mol. The Labute approximate surface area is 154 Å². The van der Waals surface area contributed by atoms with E-state index < -0.39 is 10.8 Å². The van der Waals surface area contributed by atoms with Crippen molar-refractivity contribution in [3.8, 4) is 0 Å². The van der Waals surface area contributed by atoms with Crippen LogP contribution in [0.1, 0.15) is 15.9 Å². The molecule has 0 unspecified atom stereocenters. The van der Waals surface area contributed by atoms with E-state index in [-0.39, 0.29) is 17.6 Å². The highest BCUT2D eigenvalue weighted by atomic mass is 32.2. The number of hydrogen-bond acceptors (Lipinski definition) is 4. The lowest BCUT2D eigenvalue weighted by Crippen LogP contribution is -2.38. The summed E-state index contributed by atoms with van der Waals surface area (Å²) in [5.41, 5.74) is 1.92. The van der Waals surface area contributed by atoms with Gasteiger partial charge in [-0.15, -0.1) is 0 Å². The Morgan fingerprint density at radius 2 is 2.00 bits per heavy atom. The number of nitrogens with one attached hydrogen (secondary N) is 1. The van der Waals surface area contributed by atoms with Crippen LogP contribution in [0.25, 0.3) is 0 Å². The molecule has 1 aliphatic rings.